The van der Waals surface area contributed by atoms with Crippen molar-refractivity contribution in [2.45, 2.75) is 13.0 Å². The molecule has 0 aliphatic carbocycles. The number of rotatable bonds is 4. The molecule has 0 unspecified atom stereocenters. The molecule has 0 amide bonds. The summed E-state index contributed by atoms with van der Waals surface area (Å²) in [5.41, 5.74) is 1.24. The van der Waals surface area contributed by atoms with Crippen LogP contribution in [0.25, 0.3) is 11.4 Å². The Bertz CT molecular complexity index is 762. The predicted octanol–water partition coefficient (Wildman–Crippen LogP) is 2.33. The molecule has 0 aliphatic rings. The van der Waals surface area contributed by atoms with Crippen molar-refractivity contribution in [2.24, 2.45) is 0 Å². The molecule has 0 bridgehead atoms. The second kappa shape index (κ2) is 5.80. The highest BCUT2D eigenvalue weighted by atomic mass is 16.5. The molecular formula is C15H14N4O3. The minimum Gasteiger partial charge on any atom is -0.465 e. The van der Waals surface area contributed by atoms with Gasteiger partial charge in [-0.25, -0.2) is 9.78 Å². The number of ether oxygens (including phenoxy) is 1. The van der Waals surface area contributed by atoms with E-state index in [-0.39, 0.29) is 12.0 Å². The largest absolute Gasteiger partial charge is 0.465 e. The summed E-state index contributed by atoms with van der Waals surface area (Å²) in [4.78, 5) is 19.8. The van der Waals surface area contributed by atoms with Gasteiger partial charge in [0.1, 0.15) is 6.04 Å². The molecule has 112 valence electrons. The van der Waals surface area contributed by atoms with E-state index in [0.717, 1.165) is 5.56 Å². The van der Waals surface area contributed by atoms with Gasteiger partial charge in [-0.2, -0.15) is 4.98 Å². The molecule has 2 heterocycles. The molecule has 0 spiro atoms. The van der Waals surface area contributed by atoms with E-state index < -0.39 is 0 Å². The second-order valence-electron chi connectivity index (χ2n) is 4.71. The summed E-state index contributed by atoms with van der Waals surface area (Å²) in [5.74, 6) is 0.581. The summed E-state index contributed by atoms with van der Waals surface area (Å²) >= 11 is 0. The Balaban J connectivity index is 1.83. The van der Waals surface area contributed by atoms with Crippen LogP contribution in [0.2, 0.25) is 0 Å². The zero-order valence-electron chi connectivity index (χ0n) is 12.1. The van der Waals surface area contributed by atoms with Crippen LogP contribution in [0.4, 0.5) is 0 Å². The summed E-state index contributed by atoms with van der Waals surface area (Å²) in [6.07, 6.45) is 5.22. The average Bonchev–Trinajstić information content (AvgIpc) is 3.25. The molecule has 0 radical (unpaired) electrons. The summed E-state index contributed by atoms with van der Waals surface area (Å²) in [6, 6.07) is 6.73. The number of carbonyl (C=O) groups is 1. The first kappa shape index (κ1) is 14.0. The average molecular weight is 298 g/mol. The number of hydrogen-bond donors (Lipinski definition) is 0. The van der Waals surface area contributed by atoms with Crippen LogP contribution in [0, 0.1) is 0 Å². The maximum atomic E-state index is 11.4. The molecule has 7 nitrogen and oxygen atoms in total. The van der Waals surface area contributed by atoms with Crippen molar-refractivity contribution in [3.63, 3.8) is 0 Å². The number of esters is 1. The maximum absolute atomic E-state index is 11.4. The SMILES string of the molecule is COC(=O)c1ccc(-c2noc([C@@H](C)n3ccnc3)n2)cc1. The van der Waals surface area contributed by atoms with Gasteiger partial charge in [0.25, 0.3) is 0 Å². The van der Waals surface area contributed by atoms with Crippen LogP contribution in [0.5, 0.6) is 0 Å². The van der Waals surface area contributed by atoms with E-state index in [4.69, 9.17) is 4.52 Å². The molecule has 3 aromatic rings. The van der Waals surface area contributed by atoms with E-state index in [9.17, 15) is 4.79 Å². The van der Waals surface area contributed by atoms with Crippen LogP contribution in [0.3, 0.4) is 0 Å². The third-order valence-electron chi connectivity index (χ3n) is 3.34. The molecule has 7 heteroatoms. The Morgan fingerprint density at radius 3 is 2.73 bits per heavy atom. The minimum atomic E-state index is -0.380. The monoisotopic (exact) mass is 298 g/mol. The smallest absolute Gasteiger partial charge is 0.337 e. The minimum absolute atomic E-state index is 0.0990. The molecule has 0 saturated carbocycles. The molecule has 22 heavy (non-hydrogen) atoms. The first-order valence-electron chi connectivity index (χ1n) is 6.69. The number of nitrogens with zero attached hydrogens (tertiary/aromatic N) is 4. The van der Waals surface area contributed by atoms with E-state index in [1.54, 1.807) is 36.8 Å². The van der Waals surface area contributed by atoms with Gasteiger partial charge in [0.2, 0.25) is 11.7 Å². The number of imidazole rings is 1. The van der Waals surface area contributed by atoms with Crippen molar-refractivity contribution in [2.75, 3.05) is 7.11 Å². The number of aromatic nitrogens is 4. The fourth-order valence-electron chi connectivity index (χ4n) is 2.02. The molecule has 1 atom stereocenters. The molecule has 0 saturated heterocycles. The quantitative estimate of drug-likeness (QED) is 0.687. The zero-order chi connectivity index (χ0) is 15.5. The highest BCUT2D eigenvalue weighted by molar-refractivity contribution is 5.89. The zero-order valence-corrected chi connectivity index (χ0v) is 12.1. The first-order chi connectivity index (χ1) is 10.7. The van der Waals surface area contributed by atoms with Gasteiger partial charge in [-0.05, 0) is 19.1 Å². The van der Waals surface area contributed by atoms with Crippen LogP contribution >= 0.6 is 0 Å². The van der Waals surface area contributed by atoms with Gasteiger partial charge in [-0.3, -0.25) is 0 Å². The summed E-state index contributed by atoms with van der Waals surface area (Å²) in [6.45, 7) is 1.94. The van der Waals surface area contributed by atoms with Crippen molar-refractivity contribution in [1.82, 2.24) is 19.7 Å². The predicted molar refractivity (Wildman–Crippen MR) is 77.1 cm³/mol. The van der Waals surface area contributed by atoms with Gasteiger partial charge in [0.05, 0.1) is 19.0 Å². The van der Waals surface area contributed by atoms with Crippen molar-refractivity contribution in [3.05, 3.63) is 54.4 Å². The van der Waals surface area contributed by atoms with E-state index in [1.807, 2.05) is 17.7 Å². The molecule has 3 rings (SSSR count). The molecule has 1 aromatic carbocycles. The van der Waals surface area contributed by atoms with Gasteiger partial charge in [-0.1, -0.05) is 17.3 Å². The maximum Gasteiger partial charge on any atom is 0.337 e. The summed E-state index contributed by atoms with van der Waals surface area (Å²) < 4.78 is 11.8. The highest BCUT2D eigenvalue weighted by Gasteiger charge is 2.16. The molecule has 0 fully saturated rings. The summed E-state index contributed by atoms with van der Waals surface area (Å²) in [7, 11) is 1.35. The molecule has 0 aliphatic heterocycles. The fraction of sp³-hybridized carbons (Fsp3) is 0.200. The van der Waals surface area contributed by atoms with Crippen LogP contribution < -0.4 is 0 Å². The van der Waals surface area contributed by atoms with Gasteiger partial charge >= 0.3 is 5.97 Å². The Hall–Kier alpha value is -2.96. The van der Waals surface area contributed by atoms with Crippen LogP contribution in [0.1, 0.15) is 29.2 Å². The molecule has 2 aromatic heterocycles. The highest BCUT2D eigenvalue weighted by Crippen LogP contribution is 2.21. The number of hydrogen-bond acceptors (Lipinski definition) is 6. The van der Waals surface area contributed by atoms with Crippen LogP contribution in [0.15, 0.2) is 47.5 Å². The fourth-order valence-corrected chi connectivity index (χ4v) is 2.02. The topological polar surface area (TPSA) is 83.0 Å². The normalized spacial score (nSPS) is 12.1. The van der Waals surface area contributed by atoms with Crippen molar-refractivity contribution in [3.8, 4) is 11.4 Å². The van der Waals surface area contributed by atoms with Crippen molar-refractivity contribution < 1.29 is 14.1 Å². The first-order valence-corrected chi connectivity index (χ1v) is 6.69. The van der Waals surface area contributed by atoms with E-state index >= 15 is 0 Å². The third kappa shape index (κ3) is 2.60. The van der Waals surface area contributed by atoms with E-state index in [2.05, 4.69) is 19.9 Å². The third-order valence-corrected chi connectivity index (χ3v) is 3.34. The van der Waals surface area contributed by atoms with Gasteiger partial charge in [-0.15, -0.1) is 0 Å². The Kier molecular flexibility index (Phi) is 3.69. The van der Waals surface area contributed by atoms with E-state index in [1.165, 1.54) is 7.11 Å². The van der Waals surface area contributed by atoms with Crippen LogP contribution in [-0.4, -0.2) is 32.8 Å². The van der Waals surface area contributed by atoms with Crippen LogP contribution in [-0.2, 0) is 4.74 Å². The van der Waals surface area contributed by atoms with Crippen molar-refractivity contribution in [1.29, 1.82) is 0 Å². The number of benzene rings is 1. The summed E-state index contributed by atoms with van der Waals surface area (Å²) in [5, 5.41) is 3.98. The lowest BCUT2D eigenvalue weighted by molar-refractivity contribution is 0.0601. The number of methoxy groups -OCH3 is 1. The van der Waals surface area contributed by atoms with Gasteiger partial charge in [0.15, 0.2) is 0 Å². The second-order valence-corrected chi connectivity index (χ2v) is 4.71. The van der Waals surface area contributed by atoms with E-state index in [0.29, 0.717) is 17.3 Å². The lowest BCUT2D eigenvalue weighted by atomic mass is 10.1. The molecular weight excluding hydrogens is 284 g/mol. The Morgan fingerprint density at radius 2 is 2.09 bits per heavy atom. The molecule has 0 N–H and O–H groups in total. The number of carbonyl (C=O) groups excluding carboxylic acids is 1. The lowest BCUT2D eigenvalue weighted by Gasteiger charge is -2.06. The van der Waals surface area contributed by atoms with Crippen molar-refractivity contribution >= 4 is 5.97 Å². The van der Waals surface area contributed by atoms with Gasteiger partial charge < -0.3 is 13.8 Å². The van der Waals surface area contributed by atoms with Gasteiger partial charge in [0, 0.05) is 18.0 Å². The Labute approximate surface area is 126 Å². The lowest BCUT2D eigenvalue weighted by Crippen LogP contribution is -2.04. The Morgan fingerprint density at radius 1 is 1.32 bits per heavy atom. The standard InChI is InChI=1S/C15H14N4O3/c1-10(19-8-7-16-9-19)14-17-13(18-22-14)11-3-5-12(6-4-11)15(20)21-2/h3-10H,1-2H3/t10-/m1/s1.